The molecule has 3 heteroatoms. The summed E-state index contributed by atoms with van der Waals surface area (Å²) in [6.45, 7) is 10.0. The fourth-order valence-corrected chi connectivity index (χ4v) is 2.48. The minimum Gasteiger partial charge on any atom is -0.376 e. The van der Waals surface area contributed by atoms with Gasteiger partial charge in [-0.1, -0.05) is 6.92 Å². The fourth-order valence-electron chi connectivity index (χ4n) is 2.48. The third kappa shape index (κ3) is 2.47. The van der Waals surface area contributed by atoms with E-state index in [-0.39, 0.29) is 0 Å². The topological polar surface area (TPSA) is 24.5 Å². The second-order valence-electron chi connectivity index (χ2n) is 4.77. The molecule has 0 radical (unpaired) electrons. The zero-order chi connectivity index (χ0) is 9.97. The predicted molar refractivity (Wildman–Crippen MR) is 57.4 cm³/mol. The standard InChI is InChI=1S/C11H22N2O/c1-9-3-4-12-11(9)8-13-5-6-14-10(2)7-13/h9-12H,3-8H2,1-2H3. The summed E-state index contributed by atoms with van der Waals surface area (Å²) in [6.07, 6.45) is 1.75. The van der Waals surface area contributed by atoms with Gasteiger partial charge in [-0.15, -0.1) is 0 Å². The van der Waals surface area contributed by atoms with Crippen LogP contribution in [-0.4, -0.2) is 49.8 Å². The van der Waals surface area contributed by atoms with Gasteiger partial charge in [-0.05, 0) is 25.8 Å². The summed E-state index contributed by atoms with van der Waals surface area (Å²) in [4.78, 5) is 2.54. The van der Waals surface area contributed by atoms with Gasteiger partial charge >= 0.3 is 0 Å². The van der Waals surface area contributed by atoms with Crippen LogP contribution in [0.4, 0.5) is 0 Å². The molecule has 2 saturated heterocycles. The molecule has 0 aromatic heterocycles. The van der Waals surface area contributed by atoms with Gasteiger partial charge in [0.05, 0.1) is 12.7 Å². The number of hydrogen-bond donors (Lipinski definition) is 1. The lowest BCUT2D eigenvalue weighted by Gasteiger charge is -2.33. The number of ether oxygens (including phenoxy) is 1. The van der Waals surface area contributed by atoms with Crippen molar-refractivity contribution in [2.75, 3.05) is 32.8 Å². The molecule has 0 aliphatic carbocycles. The number of nitrogens with one attached hydrogen (secondary N) is 1. The Bertz CT molecular complexity index is 186. The monoisotopic (exact) mass is 198 g/mol. The van der Waals surface area contributed by atoms with E-state index in [0.717, 1.165) is 25.6 Å². The van der Waals surface area contributed by atoms with Gasteiger partial charge in [-0.25, -0.2) is 0 Å². The van der Waals surface area contributed by atoms with Crippen LogP contribution in [0.2, 0.25) is 0 Å². The third-order valence-corrected chi connectivity index (χ3v) is 3.47. The molecule has 0 spiro atoms. The van der Waals surface area contributed by atoms with Crippen LogP contribution in [0.15, 0.2) is 0 Å². The van der Waals surface area contributed by atoms with E-state index >= 15 is 0 Å². The first kappa shape index (κ1) is 10.4. The van der Waals surface area contributed by atoms with Crippen LogP contribution in [0.5, 0.6) is 0 Å². The maximum absolute atomic E-state index is 5.54. The lowest BCUT2D eigenvalue weighted by Crippen LogP contribution is -2.47. The summed E-state index contributed by atoms with van der Waals surface area (Å²) in [5.41, 5.74) is 0. The van der Waals surface area contributed by atoms with E-state index in [9.17, 15) is 0 Å². The van der Waals surface area contributed by atoms with Crippen LogP contribution in [0, 0.1) is 5.92 Å². The van der Waals surface area contributed by atoms with Crippen LogP contribution >= 0.6 is 0 Å². The SMILES string of the molecule is CC1CN(CC2NCCC2C)CCO1. The van der Waals surface area contributed by atoms with Crippen molar-refractivity contribution in [2.24, 2.45) is 5.92 Å². The van der Waals surface area contributed by atoms with Gasteiger partial charge in [0.25, 0.3) is 0 Å². The molecule has 1 N–H and O–H groups in total. The smallest absolute Gasteiger partial charge is 0.0674 e. The van der Waals surface area contributed by atoms with Gasteiger partial charge in [0.1, 0.15) is 0 Å². The highest BCUT2D eigenvalue weighted by molar-refractivity contribution is 4.84. The number of morpholine rings is 1. The molecule has 0 aromatic carbocycles. The first-order valence-corrected chi connectivity index (χ1v) is 5.83. The van der Waals surface area contributed by atoms with Crippen LogP contribution in [0.25, 0.3) is 0 Å². The highest BCUT2D eigenvalue weighted by Gasteiger charge is 2.26. The molecular weight excluding hydrogens is 176 g/mol. The average Bonchev–Trinajstić information content (AvgIpc) is 2.52. The van der Waals surface area contributed by atoms with Crippen molar-refractivity contribution in [1.82, 2.24) is 10.2 Å². The Morgan fingerprint density at radius 1 is 1.43 bits per heavy atom. The Morgan fingerprint density at radius 3 is 2.93 bits per heavy atom. The first-order chi connectivity index (χ1) is 6.75. The second kappa shape index (κ2) is 4.60. The molecule has 2 heterocycles. The van der Waals surface area contributed by atoms with Crippen LogP contribution < -0.4 is 5.32 Å². The molecule has 3 unspecified atom stereocenters. The van der Waals surface area contributed by atoms with E-state index < -0.39 is 0 Å². The minimum atomic E-state index is 0.417. The summed E-state index contributed by atoms with van der Waals surface area (Å²) in [6, 6.07) is 0.709. The number of rotatable bonds is 2. The summed E-state index contributed by atoms with van der Waals surface area (Å²) in [5, 5.41) is 3.59. The first-order valence-electron chi connectivity index (χ1n) is 5.83. The van der Waals surface area contributed by atoms with Crippen molar-refractivity contribution < 1.29 is 4.74 Å². The molecule has 0 amide bonds. The predicted octanol–water partition coefficient (Wildman–Crippen LogP) is 0.705. The largest absolute Gasteiger partial charge is 0.376 e. The van der Waals surface area contributed by atoms with E-state index in [1.807, 2.05) is 0 Å². The van der Waals surface area contributed by atoms with Gasteiger partial charge < -0.3 is 10.1 Å². The van der Waals surface area contributed by atoms with Crippen molar-refractivity contribution in [3.05, 3.63) is 0 Å². The van der Waals surface area contributed by atoms with E-state index in [1.165, 1.54) is 19.5 Å². The summed E-state index contributed by atoms with van der Waals surface area (Å²) < 4.78 is 5.54. The number of hydrogen-bond acceptors (Lipinski definition) is 3. The normalized spacial score (nSPS) is 40.3. The molecular formula is C11H22N2O. The highest BCUT2D eigenvalue weighted by Crippen LogP contribution is 2.16. The Morgan fingerprint density at radius 2 is 2.29 bits per heavy atom. The molecule has 2 aliphatic rings. The van der Waals surface area contributed by atoms with Crippen LogP contribution in [0.1, 0.15) is 20.3 Å². The van der Waals surface area contributed by atoms with Gasteiger partial charge in [0.15, 0.2) is 0 Å². The Labute approximate surface area is 86.8 Å². The third-order valence-electron chi connectivity index (χ3n) is 3.47. The lowest BCUT2D eigenvalue weighted by molar-refractivity contribution is -0.0215. The van der Waals surface area contributed by atoms with Crippen molar-refractivity contribution >= 4 is 0 Å². The molecule has 0 saturated carbocycles. The molecule has 3 nitrogen and oxygen atoms in total. The lowest BCUT2D eigenvalue weighted by atomic mass is 10.0. The molecule has 0 bridgehead atoms. The van der Waals surface area contributed by atoms with E-state index in [2.05, 4.69) is 24.1 Å². The summed E-state index contributed by atoms with van der Waals surface area (Å²) >= 11 is 0. The van der Waals surface area contributed by atoms with Crippen molar-refractivity contribution in [3.8, 4) is 0 Å². The van der Waals surface area contributed by atoms with Crippen molar-refractivity contribution in [3.63, 3.8) is 0 Å². The molecule has 14 heavy (non-hydrogen) atoms. The van der Waals surface area contributed by atoms with Crippen molar-refractivity contribution in [2.45, 2.75) is 32.4 Å². The second-order valence-corrected chi connectivity index (χ2v) is 4.77. The maximum atomic E-state index is 5.54. The van der Waals surface area contributed by atoms with E-state index in [0.29, 0.717) is 12.1 Å². The van der Waals surface area contributed by atoms with Gasteiger partial charge in [0.2, 0.25) is 0 Å². The summed E-state index contributed by atoms with van der Waals surface area (Å²) in [5.74, 6) is 0.841. The van der Waals surface area contributed by atoms with E-state index in [4.69, 9.17) is 4.74 Å². The minimum absolute atomic E-state index is 0.417. The Kier molecular flexibility index (Phi) is 3.42. The molecule has 3 atom stereocenters. The zero-order valence-electron chi connectivity index (χ0n) is 9.33. The fraction of sp³-hybridized carbons (Fsp3) is 1.00. The zero-order valence-corrected chi connectivity index (χ0v) is 9.33. The molecule has 2 aliphatic heterocycles. The molecule has 2 rings (SSSR count). The quantitative estimate of drug-likeness (QED) is 0.707. The number of nitrogens with zero attached hydrogens (tertiary/aromatic N) is 1. The Hall–Kier alpha value is -0.120. The highest BCUT2D eigenvalue weighted by atomic mass is 16.5. The Balaban J connectivity index is 1.78. The average molecular weight is 198 g/mol. The van der Waals surface area contributed by atoms with Crippen LogP contribution in [0.3, 0.4) is 0 Å². The van der Waals surface area contributed by atoms with E-state index in [1.54, 1.807) is 0 Å². The molecule has 2 fully saturated rings. The van der Waals surface area contributed by atoms with Gasteiger partial charge in [-0.3, -0.25) is 4.90 Å². The molecule has 82 valence electrons. The molecule has 0 aromatic rings. The maximum Gasteiger partial charge on any atom is 0.0674 e. The van der Waals surface area contributed by atoms with Gasteiger partial charge in [-0.2, -0.15) is 0 Å². The summed E-state index contributed by atoms with van der Waals surface area (Å²) in [7, 11) is 0. The van der Waals surface area contributed by atoms with Gasteiger partial charge in [0, 0.05) is 25.7 Å². The van der Waals surface area contributed by atoms with Crippen LogP contribution in [-0.2, 0) is 4.74 Å². The van der Waals surface area contributed by atoms with Crippen molar-refractivity contribution in [1.29, 1.82) is 0 Å².